The molecule has 1 amide bonds. The van der Waals surface area contributed by atoms with E-state index in [1.54, 1.807) is 36.4 Å². The summed E-state index contributed by atoms with van der Waals surface area (Å²) >= 11 is 11.8. The Morgan fingerprint density at radius 3 is 2.40 bits per heavy atom. The van der Waals surface area contributed by atoms with Gasteiger partial charge in [0.1, 0.15) is 18.1 Å². The Morgan fingerprint density at radius 2 is 1.77 bits per heavy atom. The van der Waals surface area contributed by atoms with E-state index in [0.717, 1.165) is 6.26 Å². The molecular formula is C20H24Cl2N2O5S. The Hall–Kier alpha value is -2.16. The standard InChI is InChI=1S/C20H24Cl2N2O5S/c1-28-19-10-7-16(22)14-18(19)24(30(2,26)27)12-3-4-20(25)23-11-13-29-17-8-5-15(21)6-9-17/h5-10,14H,3-4,11-13H2,1-2H3,(H,23,25). The van der Waals surface area contributed by atoms with Gasteiger partial charge in [-0.25, -0.2) is 8.42 Å². The van der Waals surface area contributed by atoms with Crippen LogP contribution in [0.4, 0.5) is 5.69 Å². The maximum absolute atomic E-state index is 12.3. The number of carbonyl (C=O) groups is 1. The van der Waals surface area contributed by atoms with Crippen LogP contribution in [-0.2, 0) is 14.8 Å². The molecule has 7 nitrogen and oxygen atoms in total. The number of hydrogen-bond acceptors (Lipinski definition) is 5. The van der Waals surface area contributed by atoms with Crippen molar-refractivity contribution in [3.05, 3.63) is 52.5 Å². The molecule has 0 bridgehead atoms. The molecule has 0 saturated heterocycles. The topological polar surface area (TPSA) is 84.9 Å². The van der Waals surface area contributed by atoms with Gasteiger partial charge in [0.2, 0.25) is 15.9 Å². The quantitative estimate of drug-likeness (QED) is 0.501. The van der Waals surface area contributed by atoms with Gasteiger partial charge in [-0.2, -0.15) is 0 Å². The van der Waals surface area contributed by atoms with E-state index < -0.39 is 10.0 Å². The highest BCUT2D eigenvalue weighted by Gasteiger charge is 2.21. The van der Waals surface area contributed by atoms with Gasteiger partial charge in [0.25, 0.3) is 0 Å². The molecule has 0 unspecified atom stereocenters. The van der Waals surface area contributed by atoms with Crippen molar-refractivity contribution in [2.45, 2.75) is 12.8 Å². The van der Waals surface area contributed by atoms with Gasteiger partial charge in [-0.05, 0) is 48.9 Å². The highest BCUT2D eigenvalue weighted by atomic mass is 35.5. The zero-order valence-corrected chi connectivity index (χ0v) is 19.1. The zero-order chi connectivity index (χ0) is 22.1. The molecule has 30 heavy (non-hydrogen) atoms. The molecule has 0 saturated carbocycles. The lowest BCUT2D eigenvalue weighted by Crippen LogP contribution is -2.33. The molecule has 10 heteroatoms. The first-order valence-corrected chi connectivity index (χ1v) is 11.8. The largest absolute Gasteiger partial charge is 0.495 e. The first kappa shape index (κ1) is 24.1. The summed E-state index contributed by atoms with van der Waals surface area (Å²) < 4.78 is 36.5. The first-order chi connectivity index (χ1) is 14.2. The molecule has 0 aliphatic heterocycles. The number of nitrogens with zero attached hydrogens (tertiary/aromatic N) is 1. The van der Waals surface area contributed by atoms with Gasteiger partial charge in [-0.15, -0.1) is 0 Å². The molecule has 0 aliphatic carbocycles. The lowest BCUT2D eigenvalue weighted by Gasteiger charge is -2.24. The summed E-state index contributed by atoms with van der Waals surface area (Å²) in [5.74, 6) is 0.850. The minimum Gasteiger partial charge on any atom is -0.495 e. The van der Waals surface area contributed by atoms with Crippen molar-refractivity contribution >= 4 is 44.8 Å². The predicted molar refractivity (Wildman–Crippen MR) is 119 cm³/mol. The monoisotopic (exact) mass is 474 g/mol. The molecule has 0 aliphatic rings. The smallest absolute Gasteiger partial charge is 0.232 e. The first-order valence-electron chi connectivity index (χ1n) is 9.17. The fourth-order valence-electron chi connectivity index (χ4n) is 2.68. The second-order valence-corrected chi connectivity index (χ2v) is 9.19. The van der Waals surface area contributed by atoms with E-state index in [0.29, 0.717) is 46.8 Å². The third kappa shape index (κ3) is 7.59. The average Bonchev–Trinajstić information content (AvgIpc) is 2.69. The van der Waals surface area contributed by atoms with Crippen LogP contribution < -0.4 is 19.1 Å². The van der Waals surface area contributed by atoms with Gasteiger partial charge < -0.3 is 14.8 Å². The predicted octanol–water partition coefficient (Wildman–Crippen LogP) is 3.74. The van der Waals surface area contributed by atoms with Crippen LogP contribution in [0.1, 0.15) is 12.8 Å². The number of anilines is 1. The maximum Gasteiger partial charge on any atom is 0.232 e. The Balaban J connectivity index is 1.83. The van der Waals surface area contributed by atoms with Crippen molar-refractivity contribution in [2.75, 3.05) is 37.4 Å². The molecule has 2 rings (SSSR count). The molecule has 2 aromatic carbocycles. The van der Waals surface area contributed by atoms with Gasteiger partial charge in [0.15, 0.2) is 0 Å². The molecule has 0 heterocycles. The molecule has 1 N–H and O–H groups in total. The number of sulfonamides is 1. The van der Waals surface area contributed by atoms with Crippen LogP contribution in [0.15, 0.2) is 42.5 Å². The van der Waals surface area contributed by atoms with Crippen molar-refractivity contribution in [2.24, 2.45) is 0 Å². The van der Waals surface area contributed by atoms with Gasteiger partial charge in [-0.3, -0.25) is 9.10 Å². The SMILES string of the molecule is COc1ccc(Cl)cc1N(CCCC(=O)NCCOc1ccc(Cl)cc1)S(C)(=O)=O. The molecule has 0 radical (unpaired) electrons. The summed E-state index contributed by atoms with van der Waals surface area (Å²) in [5, 5.41) is 3.75. The zero-order valence-electron chi connectivity index (χ0n) is 16.7. The van der Waals surface area contributed by atoms with Gasteiger partial charge in [0, 0.05) is 23.0 Å². The Labute approximate surface area is 186 Å². The number of methoxy groups -OCH3 is 1. The van der Waals surface area contributed by atoms with E-state index in [2.05, 4.69) is 5.32 Å². The Bertz CT molecular complexity index is 952. The van der Waals surface area contributed by atoms with E-state index in [4.69, 9.17) is 32.7 Å². The molecule has 2 aromatic rings. The Kier molecular flexibility index (Phi) is 9.08. The number of halogens is 2. The van der Waals surface area contributed by atoms with Crippen molar-refractivity contribution in [3.63, 3.8) is 0 Å². The summed E-state index contributed by atoms with van der Waals surface area (Å²) in [5.41, 5.74) is 0.337. The highest BCUT2D eigenvalue weighted by Crippen LogP contribution is 2.32. The minimum atomic E-state index is -3.59. The number of rotatable bonds is 11. The van der Waals surface area contributed by atoms with Crippen LogP contribution in [0, 0.1) is 0 Å². The van der Waals surface area contributed by atoms with Crippen molar-refractivity contribution in [3.8, 4) is 11.5 Å². The molecule has 164 valence electrons. The van der Waals surface area contributed by atoms with Crippen LogP contribution in [-0.4, -0.2) is 47.4 Å². The van der Waals surface area contributed by atoms with Crippen molar-refractivity contribution in [1.82, 2.24) is 5.32 Å². The van der Waals surface area contributed by atoms with E-state index >= 15 is 0 Å². The number of nitrogens with one attached hydrogen (secondary N) is 1. The summed E-state index contributed by atoms with van der Waals surface area (Å²) in [7, 11) is -2.14. The summed E-state index contributed by atoms with van der Waals surface area (Å²) in [6.45, 7) is 0.756. The maximum atomic E-state index is 12.3. The van der Waals surface area contributed by atoms with Crippen molar-refractivity contribution < 1.29 is 22.7 Å². The van der Waals surface area contributed by atoms with Gasteiger partial charge in [0.05, 0.1) is 25.6 Å². The molecule has 0 aromatic heterocycles. The Morgan fingerprint density at radius 1 is 1.10 bits per heavy atom. The lowest BCUT2D eigenvalue weighted by molar-refractivity contribution is -0.121. The number of hydrogen-bond donors (Lipinski definition) is 1. The highest BCUT2D eigenvalue weighted by molar-refractivity contribution is 7.92. The number of carbonyl (C=O) groups excluding carboxylic acids is 1. The lowest BCUT2D eigenvalue weighted by atomic mass is 10.2. The average molecular weight is 475 g/mol. The van der Waals surface area contributed by atoms with Crippen LogP contribution in [0.3, 0.4) is 0 Å². The molecule has 0 fully saturated rings. The normalized spacial score (nSPS) is 11.1. The van der Waals surface area contributed by atoms with Crippen LogP contribution in [0.2, 0.25) is 10.0 Å². The second kappa shape index (κ2) is 11.3. The summed E-state index contributed by atoms with van der Waals surface area (Å²) in [6, 6.07) is 11.7. The number of benzene rings is 2. The molecule has 0 spiro atoms. The van der Waals surface area contributed by atoms with Crippen molar-refractivity contribution in [1.29, 1.82) is 0 Å². The summed E-state index contributed by atoms with van der Waals surface area (Å²) in [4.78, 5) is 12.0. The van der Waals surface area contributed by atoms with Crippen LogP contribution in [0.25, 0.3) is 0 Å². The van der Waals surface area contributed by atoms with Crippen LogP contribution in [0.5, 0.6) is 11.5 Å². The number of ether oxygens (including phenoxy) is 2. The second-order valence-electron chi connectivity index (χ2n) is 6.41. The fraction of sp³-hybridized carbons (Fsp3) is 0.350. The third-order valence-corrected chi connectivity index (χ3v) is 5.75. The summed E-state index contributed by atoms with van der Waals surface area (Å²) in [6.07, 6.45) is 1.59. The van der Waals surface area contributed by atoms with E-state index in [-0.39, 0.29) is 18.9 Å². The van der Waals surface area contributed by atoms with E-state index in [1.165, 1.54) is 17.5 Å². The number of amides is 1. The minimum absolute atomic E-state index is 0.115. The molecule has 0 atom stereocenters. The van der Waals surface area contributed by atoms with E-state index in [1.807, 2.05) is 0 Å². The van der Waals surface area contributed by atoms with E-state index in [9.17, 15) is 13.2 Å². The van der Waals surface area contributed by atoms with Gasteiger partial charge >= 0.3 is 0 Å². The fourth-order valence-corrected chi connectivity index (χ4v) is 3.94. The molecular weight excluding hydrogens is 451 g/mol. The third-order valence-electron chi connectivity index (χ3n) is 4.08. The van der Waals surface area contributed by atoms with Gasteiger partial charge in [-0.1, -0.05) is 23.2 Å². The van der Waals surface area contributed by atoms with Crippen LogP contribution >= 0.6 is 23.2 Å².